The van der Waals surface area contributed by atoms with E-state index in [2.05, 4.69) is 5.32 Å². The van der Waals surface area contributed by atoms with E-state index in [-0.39, 0.29) is 12.5 Å². The van der Waals surface area contributed by atoms with Gasteiger partial charge in [-0.25, -0.2) is 4.79 Å². The standard InChI is InChI=1S/C11H16N2O3/c1-3-16-9(14)8(2)13-10(15)11(7-12)5-4-6-11/h8H,3-6H2,1-2H3,(H,13,15). The Hall–Kier alpha value is -1.57. The van der Waals surface area contributed by atoms with Crippen LogP contribution in [-0.2, 0) is 14.3 Å². The van der Waals surface area contributed by atoms with E-state index < -0.39 is 17.4 Å². The van der Waals surface area contributed by atoms with Crippen LogP contribution in [0.3, 0.4) is 0 Å². The first-order valence-electron chi connectivity index (χ1n) is 5.44. The number of hydrogen-bond acceptors (Lipinski definition) is 4. The van der Waals surface area contributed by atoms with Crippen molar-refractivity contribution in [1.29, 1.82) is 5.26 Å². The van der Waals surface area contributed by atoms with Crippen LogP contribution in [0.4, 0.5) is 0 Å². The van der Waals surface area contributed by atoms with Gasteiger partial charge in [0.15, 0.2) is 0 Å². The van der Waals surface area contributed by atoms with E-state index in [0.29, 0.717) is 12.8 Å². The smallest absolute Gasteiger partial charge is 0.328 e. The zero-order valence-corrected chi connectivity index (χ0v) is 9.58. The number of carbonyl (C=O) groups excluding carboxylic acids is 2. The summed E-state index contributed by atoms with van der Waals surface area (Å²) in [6.45, 7) is 3.54. The summed E-state index contributed by atoms with van der Waals surface area (Å²) in [4.78, 5) is 23.0. The molecular weight excluding hydrogens is 208 g/mol. The van der Waals surface area contributed by atoms with Crippen molar-refractivity contribution in [3.63, 3.8) is 0 Å². The maximum Gasteiger partial charge on any atom is 0.328 e. The van der Waals surface area contributed by atoms with E-state index in [1.807, 2.05) is 6.07 Å². The fourth-order valence-corrected chi connectivity index (χ4v) is 1.58. The highest BCUT2D eigenvalue weighted by atomic mass is 16.5. The predicted octanol–water partition coefficient (Wildman–Crippen LogP) is 0.748. The number of carbonyl (C=O) groups is 2. The quantitative estimate of drug-likeness (QED) is 0.714. The Bertz CT molecular complexity index is 329. The first-order valence-corrected chi connectivity index (χ1v) is 5.44. The lowest BCUT2D eigenvalue weighted by Gasteiger charge is -2.34. The summed E-state index contributed by atoms with van der Waals surface area (Å²) in [6, 6.07) is 1.33. The van der Waals surface area contributed by atoms with Crippen LogP contribution in [-0.4, -0.2) is 24.5 Å². The Labute approximate surface area is 94.8 Å². The molecule has 1 fully saturated rings. The molecule has 88 valence electrons. The highest BCUT2D eigenvalue weighted by molar-refractivity contribution is 5.90. The molecule has 5 nitrogen and oxygen atoms in total. The monoisotopic (exact) mass is 224 g/mol. The molecule has 0 heterocycles. The topological polar surface area (TPSA) is 79.2 Å². The molecule has 0 bridgehead atoms. The van der Waals surface area contributed by atoms with Crippen molar-refractivity contribution in [1.82, 2.24) is 5.32 Å². The third kappa shape index (κ3) is 2.32. The van der Waals surface area contributed by atoms with Gasteiger partial charge in [-0.15, -0.1) is 0 Å². The highest BCUT2D eigenvalue weighted by Gasteiger charge is 2.45. The van der Waals surface area contributed by atoms with Crippen LogP contribution >= 0.6 is 0 Å². The summed E-state index contributed by atoms with van der Waals surface area (Å²) in [6.07, 6.45) is 2.03. The average Bonchev–Trinajstić information content (AvgIpc) is 2.17. The number of nitriles is 1. The molecule has 5 heteroatoms. The fraction of sp³-hybridized carbons (Fsp3) is 0.727. The van der Waals surface area contributed by atoms with Gasteiger partial charge in [0.25, 0.3) is 0 Å². The zero-order valence-electron chi connectivity index (χ0n) is 9.58. The maximum atomic E-state index is 11.8. The van der Waals surface area contributed by atoms with E-state index in [9.17, 15) is 9.59 Å². The molecule has 0 aromatic heterocycles. The van der Waals surface area contributed by atoms with E-state index >= 15 is 0 Å². The van der Waals surface area contributed by atoms with Gasteiger partial charge in [0.2, 0.25) is 5.91 Å². The summed E-state index contributed by atoms with van der Waals surface area (Å²) < 4.78 is 4.77. The third-order valence-electron chi connectivity index (χ3n) is 2.84. The number of ether oxygens (including phenoxy) is 1. The molecule has 0 spiro atoms. The van der Waals surface area contributed by atoms with Gasteiger partial charge < -0.3 is 10.1 Å². The molecule has 1 aliphatic rings. The molecule has 1 saturated carbocycles. The Morgan fingerprint density at radius 3 is 2.56 bits per heavy atom. The lowest BCUT2D eigenvalue weighted by atomic mass is 9.69. The molecule has 1 amide bonds. The van der Waals surface area contributed by atoms with Crippen molar-refractivity contribution in [2.24, 2.45) is 5.41 Å². The largest absolute Gasteiger partial charge is 0.464 e. The van der Waals surface area contributed by atoms with Crippen molar-refractivity contribution in [3.8, 4) is 6.07 Å². The molecule has 0 radical (unpaired) electrons. The molecule has 0 aliphatic heterocycles. The Balaban J connectivity index is 2.51. The number of nitrogens with one attached hydrogen (secondary N) is 1. The van der Waals surface area contributed by atoms with Crippen molar-refractivity contribution in [3.05, 3.63) is 0 Å². The normalized spacial score (nSPS) is 18.8. The summed E-state index contributed by atoms with van der Waals surface area (Å²) in [7, 11) is 0. The Morgan fingerprint density at radius 2 is 2.19 bits per heavy atom. The number of hydrogen-bond donors (Lipinski definition) is 1. The number of amides is 1. The molecule has 0 saturated heterocycles. The van der Waals surface area contributed by atoms with Gasteiger partial charge in [-0.1, -0.05) is 0 Å². The lowest BCUT2D eigenvalue weighted by molar-refractivity contribution is -0.148. The van der Waals surface area contributed by atoms with E-state index in [4.69, 9.17) is 10.00 Å². The molecule has 1 rings (SSSR count). The number of rotatable bonds is 4. The van der Waals surface area contributed by atoms with Gasteiger partial charge in [-0.3, -0.25) is 4.79 Å². The van der Waals surface area contributed by atoms with Crippen molar-refractivity contribution >= 4 is 11.9 Å². The minimum absolute atomic E-state index is 0.280. The zero-order chi connectivity index (χ0) is 12.2. The van der Waals surface area contributed by atoms with Crippen LogP contribution in [0.2, 0.25) is 0 Å². The molecular formula is C11H16N2O3. The summed E-state index contributed by atoms with van der Waals surface area (Å²) >= 11 is 0. The average molecular weight is 224 g/mol. The summed E-state index contributed by atoms with van der Waals surface area (Å²) in [5, 5.41) is 11.5. The molecule has 1 N–H and O–H groups in total. The summed E-state index contributed by atoms with van der Waals surface area (Å²) in [5.41, 5.74) is -0.916. The van der Waals surface area contributed by atoms with Crippen LogP contribution < -0.4 is 5.32 Å². The second-order valence-corrected chi connectivity index (χ2v) is 3.99. The number of esters is 1. The molecule has 16 heavy (non-hydrogen) atoms. The predicted molar refractivity (Wildman–Crippen MR) is 56.1 cm³/mol. The second kappa shape index (κ2) is 4.97. The van der Waals surface area contributed by atoms with Crippen LogP contribution in [0.25, 0.3) is 0 Å². The van der Waals surface area contributed by atoms with E-state index in [1.54, 1.807) is 13.8 Å². The first kappa shape index (κ1) is 12.5. The third-order valence-corrected chi connectivity index (χ3v) is 2.84. The van der Waals surface area contributed by atoms with Gasteiger partial charge in [-0.05, 0) is 33.1 Å². The number of nitrogens with zero attached hydrogens (tertiary/aromatic N) is 1. The van der Waals surface area contributed by atoms with Gasteiger partial charge >= 0.3 is 5.97 Å². The van der Waals surface area contributed by atoms with E-state index in [0.717, 1.165) is 6.42 Å². The van der Waals surface area contributed by atoms with Crippen LogP contribution in [0.1, 0.15) is 33.1 Å². The van der Waals surface area contributed by atoms with Crippen molar-refractivity contribution < 1.29 is 14.3 Å². The van der Waals surface area contributed by atoms with Gasteiger partial charge in [-0.2, -0.15) is 5.26 Å². The molecule has 1 aliphatic carbocycles. The molecule has 1 atom stereocenters. The van der Waals surface area contributed by atoms with Gasteiger partial charge in [0.1, 0.15) is 11.5 Å². The molecule has 0 aromatic carbocycles. The minimum atomic E-state index is -0.916. The van der Waals surface area contributed by atoms with Gasteiger partial charge in [0, 0.05) is 0 Å². The molecule has 1 unspecified atom stereocenters. The fourth-order valence-electron chi connectivity index (χ4n) is 1.58. The highest BCUT2D eigenvalue weighted by Crippen LogP contribution is 2.40. The Kier molecular flexibility index (Phi) is 3.88. The van der Waals surface area contributed by atoms with Crippen LogP contribution in [0, 0.1) is 16.7 Å². The van der Waals surface area contributed by atoms with E-state index in [1.165, 1.54) is 0 Å². The van der Waals surface area contributed by atoms with Crippen molar-refractivity contribution in [2.45, 2.75) is 39.2 Å². The van der Waals surface area contributed by atoms with Crippen LogP contribution in [0.5, 0.6) is 0 Å². The van der Waals surface area contributed by atoms with Crippen LogP contribution in [0.15, 0.2) is 0 Å². The summed E-state index contributed by atoms with van der Waals surface area (Å²) in [5.74, 6) is -0.829. The minimum Gasteiger partial charge on any atom is -0.464 e. The molecule has 0 aromatic rings. The second-order valence-electron chi connectivity index (χ2n) is 3.99. The maximum absolute atomic E-state index is 11.8. The van der Waals surface area contributed by atoms with Gasteiger partial charge in [0.05, 0.1) is 12.7 Å². The first-order chi connectivity index (χ1) is 7.55. The SMILES string of the molecule is CCOC(=O)C(C)NC(=O)C1(C#N)CCC1. The Morgan fingerprint density at radius 1 is 1.56 bits per heavy atom. The lowest BCUT2D eigenvalue weighted by Crippen LogP contribution is -2.50. The van der Waals surface area contributed by atoms with Crippen molar-refractivity contribution in [2.75, 3.05) is 6.61 Å².